The van der Waals surface area contributed by atoms with Crippen molar-refractivity contribution in [2.24, 2.45) is 0 Å². The van der Waals surface area contributed by atoms with Crippen molar-refractivity contribution in [3.63, 3.8) is 0 Å². The van der Waals surface area contributed by atoms with Gasteiger partial charge in [0, 0.05) is 23.9 Å². The summed E-state index contributed by atoms with van der Waals surface area (Å²) < 4.78 is 16.3. The van der Waals surface area contributed by atoms with Crippen LogP contribution < -0.4 is 14.8 Å². The largest absolute Gasteiger partial charge is 0.454 e. The van der Waals surface area contributed by atoms with E-state index in [1.54, 1.807) is 11.0 Å². The predicted molar refractivity (Wildman–Crippen MR) is 79.3 cm³/mol. The average Bonchev–Trinajstić information content (AvgIpc) is 3.05. The molecule has 7 heteroatoms. The van der Waals surface area contributed by atoms with Crippen LogP contribution in [0.3, 0.4) is 0 Å². The van der Waals surface area contributed by atoms with Crippen LogP contribution in [0.4, 0.5) is 4.79 Å². The lowest BCUT2D eigenvalue weighted by Gasteiger charge is -2.31. The standard InChI is InChI=1S/C15H17ClN2O4/c16-11-6-13-12(20-9-21-13)5-10(11)7-18-8-15(22-14(18)19)1-3-17-4-2-15/h5-6,17H,1-4,7-9H2. The number of nitrogens with zero attached hydrogens (tertiary/aromatic N) is 1. The van der Waals surface area contributed by atoms with Gasteiger partial charge in [-0.2, -0.15) is 0 Å². The lowest BCUT2D eigenvalue weighted by Crippen LogP contribution is -2.44. The van der Waals surface area contributed by atoms with E-state index in [0.29, 0.717) is 29.6 Å². The Bertz CT molecular complexity index is 616. The zero-order valence-corrected chi connectivity index (χ0v) is 12.8. The highest BCUT2D eigenvalue weighted by molar-refractivity contribution is 6.31. The minimum Gasteiger partial charge on any atom is -0.454 e. The molecule has 3 heterocycles. The molecule has 1 amide bonds. The number of piperidine rings is 1. The normalized spacial score (nSPS) is 22.2. The summed E-state index contributed by atoms with van der Waals surface area (Å²) in [6.45, 7) is 3.00. The van der Waals surface area contributed by atoms with E-state index in [0.717, 1.165) is 31.5 Å². The fraction of sp³-hybridized carbons (Fsp3) is 0.533. The molecule has 22 heavy (non-hydrogen) atoms. The van der Waals surface area contributed by atoms with E-state index in [-0.39, 0.29) is 18.5 Å². The van der Waals surface area contributed by atoms with Crippen LogP contribution in [0.2, 0.25) is 5.02 Å². The van der Waals surface area contributed by atoms with E-state index in [4.69, 9.17) is 25.8 Å². The molecule has 0 bridgehead atoms. The highest BCUT2D eigenvalue weighted by Gasteiger charge is 2.45. The fourth-order valence-corrected chi connectivity index (χ4v) is 3.46. The quantitative estimate of drug-likeness (QED) is 0.903. The van der Waals surface area contributed by atoms with Gasteiger partial charge in [0.25, 0.3) is 0 Å². The number of amides is 1. The Kier molecular flexibility index (Phi) is 3.31. The van der Waals surface area contributed by atoms with Crippen molar-refractivity contribution in [1.82, 2.24) is 10.2 Å². The van der Waals surface area contributed by atoms with Crippen molar-refractivity contribution in [1.29, 1.82) is 0 Å². The number of benzene rings is 1. The number of carbonyl (C=O) groups excluding carboxylic acids is 1. The molecule has 0 saturated carbocycles. The number of nitrogens with one attached hydrogen (secondary N) is 1. The molecule has 1 N–H and O–H groups in total. The number of ether oxygens (including phenoxy) is 3. The number of halogens is 1. The third-order valence-corrected chi connectivity index (χ3v) is 4.81. The zero-order chi connectivity index (χ0) is 15.2. The van der Waals surface area contributed by atoms with Gasteiger partial charge < -0.3 is 19.5 Å². The molecule has 4 rings (SSSR count). The summed E-state index contributed by atoms with van der Waals surface area (Å²) >= 11 is 6.29. The van der Waals surface area contributed by atoms with Crippen LogP contribution in [0.25, 0.3) is 0 Å². The molecule has 0 aliphatic carbocycles. The van der Waals surface area contributed by atoms with Gasteiger partial charge in [-0.25, -0.2) is 4.79 Å². The van der Waals surface area contributed by atoms with Gasteiger partial charge in [-0.05, 0) is 24.7 Å². The third-order valence-electron chi connectivity index (χ3n) is 4.46. The van der Waals surface area contributed by atoms with E-state index in [1.807, 2.05) is 6.07 Å². The second-order valence-corrected chi connectivity index (χ2v) is 6.36. The number of hydrogen-bond donors (Lipinski definition) is 1. The number of fused-ring (bicyclic) bond motifs is 1. The summed E-state index contributed by atoms with van der Waals surface area (Å²) in [6.07, 6.45) is 1.43. The van der Waals surface area contributed by atoms with Gasteiger partial charge in [-0.3, -0.25) is 4.90 Å². The maximum absolute atomic E-state index is 12.2. The highest BCUT2D eigenvalue weighted by Crippen LogP contribution is 2.38. The Labute approximate surface area is 133 Å². The first kappa shape index (κ1) is 14.0. The van der Waals surface area contributed by atoms with Gasteiger partial charge in [0.05, 0.1) is 13.1 Å². The Morgan fingerprint density at radius 1 is 1.23 bits per heavy atom. The van der Waals surface area contributed by atoms with E-state index in [1.165, 1.54) is 0 Å². The summed E-state index contributed by atoms with van der Waals surface area (Å²) in [5.41, 5.74) is 0.499. The van der Waals surface area contributed by atoms with Crippen molar-refractivity contribution in [3.8, 4) is 11.5 Å². The van der Waals surface area contributed by atoms with E-state index >= 15 is 0 Å². The minimum atomic E-state index is -0.342. The Hall–Kier alpha value is -1.66. The molecule has 0 unspecified atom stereocenters. The van der Waals surface area contributed by atoms with Crippen molar-refractivity contribution >= 4 is 17.7 Å². The number of carbonyl (C=O) groups is 1. The molecule has 0 atom stereocenters. The lowest BCUT2D eigenvalue weighted by atomic mass is 9.92. The molecule has 1 aromatic carbocycles. The maximum atomic E-state index is 12.2. The minimum absolute atomic E-state index is 0.205. The van der Waals surface area contributed by atoms with Crippen molar-refractivity contribution in [2.75, 3.05) is 26.4 Å². The second-order valence-electron chi connectivity index (χ2n) is 5.95. The van der Waals surface area contributed by atoms with Crippen molar-refractivity contribution in [3.05, 3.63) is 22.7 Å². The predicted octanol–water partition coefficient (Wildman–Crippen LogP) is 2.14. The second kappa shape index (κ2) is 5.21. The molecule has 6 nitrogen and oxygen atoms in total. The molecule has 1 spiro atoms. The molecule has 3 aliphatic rings. The maximum Gasteiger partial charge on any atom is 0.410 e. The summed E-state index contributed by atoms with van der Waals surface area (Å²) in [7, 11) is 0. The first-order chi connectivity index (χ1) is 10.7. The van der Waals surface area contributed by atoms with Crippen molar-refractivity contribution < 1.29 is 19.0 Å². The van der Waals surface area contributed by atoms with E-state index in [9.17, 15) is 4.79 Å². The van der Waals surface area contributed by atoms with Gasteiger partial charge >= 0.3 is 6.09 Å². The van der Waals surface area contributed by atoms with Crippen LogP contribution in [-0.2, 0) is 11.3 Å². The third kappa shape index (κ3) is 2.36. The lowest BCUT2D eigenvalue weighted by molar-refractivity contribution is 0.0316. The number of hydrogen-bond acceptors (Lipinski definition) is 5. The fourth-order valence-electron chi connectivity index (χ4n) is 3.24. The smallest absolute Gasteiger partial charge is 0.410 e. The van der Waals surface area contributed by atoms with Crippen LogP contribution in [0.15, 0.2) is 12.1 Å². The van der Waals surface area contributed by atoms with Gasteiger partial charge in [0.15, 0.2) is 11.5 Å². The Morgan fingerprint density at radius 2 is 1.95 bits per heavy atom. The molecular weight excluding hydrogens is 308 g/mol. The van der Waals surface area contributed by atoms with Gasteiger partial charge in [0.1, 0.15) is 5.60 Å². The SMILES string of the molecule is O=C1OC2(CCNCC2)CN1Cc1cc2c(cc1Cl)OCO2. The molecule has 3 aliphatic heterocycles. The highest BCUT2D eigenvalue weighted by atomic mass is 35.5. The first-order valence-electron chi connectivity index (χ1n) is 7.42. The van der Waals surface area contributed by atoms with Crippen LogP contribution >= 0.6 is 11.6 Å². The summed E-state index contributed by atoms with van der Waals surface area (Å²) in [4.78, 5) is 13.9. The van der Waals surface area contributed by atoms with Gasteiger partial charge in [-0.15, -0.1) is 0 Å². The average molecular weight is 325 g/mol. The van der Waals surface area contributed by atoms with Crippen LogP contribution in [0.5, 0.6) is 11.5 Å². The van der Waals surface area contributed by atoms with E-state index in [2.05, 4.69) is 5.32 Å². The molecule has 0 aromatic heterocycles. The van der Waals surface area contributed by atoms with Gasteiger partial charge in [-0.1, -0.05) is 11.6 Å². The zero-order valence-electron chi connectivity index (χ0n) is 12.1. The summed E-state index contributed by atoms with van der Waals surface area (Å²) in [6, 6.07) is 3.58. The molecule has 2 saturated heterocycles. The Morgan fingerprint density at radius 3 is 2.73 bits per heavy atom. The van der Waals surface area contributed by atoms with Crippen molar-refractivity contribution in [2.45, 2.75) is 25.0 Å². The molecule has 0 radical (unpaired) electrons. The first-order valence-corrected chi connectivity index (χ1v) is 7.80. The Balaban J connectivity index is 1.53. The van der Waals surface area contributed by atoms with Crippen LogP contribution in [-0.4, -0.2) is 43.0 Å². The summed E-state index contributed by atoms with van der Waals surface area (Å²) in [5, 5.41) is 3.86. The van der Waals surface area contributed by atoms with Gasteiger partial charge in [0.2, 0.25) is 6.79 Å². The topological polar surface area (TPSA) is 60.0 Å². The molecular formula is C15H17ClN2O4. The van der Waals surface area contributed by atoms with Crippen LogP contribution in [0.1, 0.15) is 18.4 Å². The number of rotatable bonds is 2. The monoisotopic (exact) mass is 324 g/mol. The molecule has 118 valence electrons. The van der Waals surface area contributed by atoms with E-state index < -0.39 is 0 Å². The summed E-state index contributed by atoms with van der Waals surface area (Å²) in [5.74, 6) is 1.32. The molecule has 1 aromatic rings. The van der Waals surface area contributed by atoms with Crippen LogP contribution in [0, 0.1) is 0 Å². The molecule has 2 fully saturated rings.